The minimum Gasteiger partial charge on any atom is -0.456 e. The Morgan fingerprint density at radius 3 is 2.80 bits per heavy atom. The van der Waals surface area contributed by atoms with Crippen molar-refractivity contribution >= 4 is 11.9 Å². The van der Waals surface area contributed by atoms with Crippen LogP contribution >= 0.6 is 0 Å². The molecule has 216 valence electrons. The van der Waals surface area contributed by atoms with Gasteiger partial charge in [-0.3, -0.25) is 4.79 Å². The van der Waals surface area contributed by atoms with Crippen LogP contribution in [0.25, 0.3) is 0 Å². The Labute approximate surface area is 241 Å². The van der Waals surface area contributed by atoms with Crippen LogP contribution in [0.2, 0.25) is 0 Å². The van der Waals surface area contributed by atoms with E-state index in [4.69, 9.17) is 10.5 Å². The molecule has 0 saturated carbocycles. The number of rotatable bonds is 10. The number of hydrogen-bond acceptors (Lipinski definition) is 6. The maximum atomic E-state index is 14.0. The molecule has 2 unspecified atom stereocenters. The van der Waals surface area contributed by atoms with Gasteiger partial charge in [0.05, 0.1) is 29.0 Å². The van der Waals surface area contributed by atoms with E-state index in [1.807, 2.05) is 59.8 Å². The molecule has 1 aromatic heterocycles. The fourth-order valence-corrected chi connectivity index (χ4v) is 5.58. The van der Waals surface area contributed by atoms with Crippen LogP contribution < -0.4 is 21.1 Å². The van der Waals surface area contributed by atoms with Crippen molar-refractivity contribution in [2.24, 2.45) is 12.8 Å². The molecular formula is C31H39N7O3. The highest BCUT2D eigenvalue weighted by molar-refractivity contribution is 5.88. The number of benzene rings is 2. The summed E-state index contributed by atoms with van der Waals surface area (Å²) < 4.78 is 8.19. The van der Waals surface area contributed by atoms with Crippen LogP contribution in [0.4, 0.5) is 4.79 Å². The second kappa shape index (κ2) is 13.3. The number of aromatic nitrogens is 2. The maximum Gasteiger partial charge on any atom is 0.314 e. The molecule has 3 amide bonds. The van der Waals surface area contributed by atoms with E-state index >= 15 is 0 Å². The van der Waals surface area contributed by atoms with Gasteiger partial charge in [-0.1, -0.05) is 31.5 Å². The summed E-state index contributed by atoms with van der Waals surface area (Å²) >= 11 is 0. The number of amides is 3. The molecule has 0 spiro atoms. The molecule has 3 aromatic rings. The Morgan fingerprint density at radius 2 is 2.10 bits per heavy atom. The van der Waals surface area contributed by atoms with Gasteiger partial charge in [0.1, 0.15) is 17.6 Å². The molecule has 4 N–H and O–H groups in total. The van der Waals surface area contributed by atoms with Crippen molar-refractivity contribution in [3.63, 3.8) is 0 Å². The monoisotopic (exact) mass is 557 g/mol. The number of hydrogen-bond donors (Lipinski definition) is 3. The van der Waals surface area contributed by atoms with Crippen LogP contribution in [0.3, 0.4) is 0 Å². The first-order chi connectivity index (χ1) is 19.8. The summed E-state index contributed by atoms with van der Waals surface area (Å²) in [5, 5.41) is 15.1. The molecule has 2 heterocycles. The number of imidazole rings is 1. The van der Waals surface area contributed by atoms with Gasteiger partial charge in [-0.2, -0.15) is 5.26 Å². The van der Waals surface area contributed by atoms with Gasteiger partial charge in [0.25, 0.3) is 0 Å². The van der Waals surface area contributed by atoms with Crippen molar-refractivity contribution in [1.82, 2.24) is 25.1 Å². The van der Waals surface area contributed by atoms with Crippen LogP contribution in [0.5, 0.6) is 11.5 Å². The molecule has 2 atom stereocenters. The Morgan fingerprint density at radius 1 is 1.27 bits per heavy atom. The third-order valence-corrected chi connectivity index (χ3v) is 7.95. The predicted octanol–water partition coefficient (Wildman–Crippen LogP) is 3.92. The predicted molar refractivity (Wildman–Crippen MR) is 156 cm³/mol. The second-order valence-corrected chi connectivity index (χ2v) is 10.5. The summed E-state index contributed by atoms with van der Waals surface area (Å²) in [6.45, 7) is 3.53. The minimum absolute atomic E-state index is 0.0669. The lowest BCUT2D eigenvalue weighted by Crippen LogP contribution is -2.48. The summed E-state index contributed by atoms with van der Waals surface area (Å²) in [7, 11) is 3.47. The average Bonchev–Trinajstić information content (AvgIpc) is 3.35. The zero-order valence-electron chi connectivity index (χ0n) is 24.0. The lowest BCUT2D eigenvalue weighted by atomic mass is 9.73. The van der Waals surface area contributed by atoms with Crippen molar-refractivity contribution in [1.29, 1.82) is 5.26 Å². The van der Waals surface area contributed by atoms with Gasteiger partial charge in [0.15, 0.2) is 0 Å². The van der Waals surface area contributed by atoms with E-state index in [0.29, 0.717) is 49.5 Å². The van der Waals surface area contributed by atoms with Gasteiger partial charge < -0.3 is 30.6 Å². The van der Waals surface area contributed by atoms with E-state index in [1.165, 1.54) is 0 Å². The molecule has 1 aliphatic rings. The van der Waals surface area contributed by atoms with Crippen molar-refractivity contribution in [3.8, 4) is 17.6 Å². The number of ether oxygens (including phenoxy) is 1. The van der Waals surface area contributed by atoms with Gasteiger partial charge in [0, 0.05) is 39.9 Å². The summed E-state index contributed by atoms with van der Waals surface area (Å²) in [6, 6.07) is 14.8. The summed E-state index contributed by atoms with van der Waals surface area (Å²) in [5.74, 6) is 1.07. The van der Waals surface area contributed by atoms with Crippen molar-refractivity contribution < 1.29 is 14.3 Å². The lowest BCUT2D eigenvalue weighted by Gasteiger charge is -2.35. The lowest BCUT2D eigenvalue weighted by molar-refractivity contribution is -0.137. The largest absolute Gasteiger partial charge is 0.456 e. The first kappa shape index (κ1) is 29.6. The zero-order valence-corrected chi connectivity index (χ0v) is 24.0. The number of nitrogens with zero attached hydrogens (tertiary/aromatic N) is 4. The molecule has 10 nitrogen and oxygen atoms in total. The number of carbonyl (C=O) groups is 2. The second-order valence-electron chi connectivity index (χ2n) is 10.5. The van der Waals surface area contributed by atoms with Crippen molar-refractivity contribution in [2.75, 3.05) is 26.7 Å². The third kappa shape index (κ3) is 6.69. The Hall–Kier alpha value is -4.36. The highest BCUT2D eigenvalue weighted by Crippen LogP contribution is 2.40. The molecule has 41 heavy (non-hydrogen) atoms. The third-order valence-electron chi connectivity index (χ3n) is 7.95. The van der Waals surface area contributed by atoms with Gasteiger partial charge in [-0.05, 0) is 61.1 Å². The fourth-order valence-electron chi connectivity index (χ4n) is 5.58. The molecule has 0 aliphatic carbocycles. The van der Waals surface area contributed by atoms with E-state index in [-0.39, 0.29) is 18.0 Å². The van der Waals surface area contributed by atoms with Crippen molar-refractivity contribution in [3.05, 3.63) is 77.4 Å². The van der Waals surface area contributed by atoms with Gasteiger partial charge in [-0.25, -0.2) is 9.78 Å². The van der Waals surface area contributed by atoms with Crippen LogP contribution in [0.1, 0.15) is 61.0 Å². The Balaban J connectivity index is 1.57. The van der Waals surface area contributed by atoms with Crippen LogP contribution in [-0.4, -0.2) is 53.1 Å². The molecule has 1 aliphatic heterocycles. The van der Waals surface area contributed by atoms with Gasteiger partial charge in [0.2, 0.25) is 5.91 Å². The Kier molecular flexibility index (Phi) is 9.63. The fraction of sp³-hybridized carbons (Fsp3) is 0.419. The molecule has 1 fully saturated rings. The number of nitriles is 1. The first-order valence-corrected chi connectivity index (χ1v) is 14.1. The van der Waals surface area contributed by atoms with Crippen LogP contribution in [0, 0.1) is 11.3 Å². The standard InChI is InChI=1S/C31H39N7O3/c1-4-31(12-5-6-14-38(29(31)39)15-13-36-30(40)34-2)24-8-7-9-25(18-24)41-28-17-22(10-11-23(28)19-32)16-26(33)27-20-35-21-37(27)3/h7-11,17-18,20-21,26H,4-6,12-16,33H2,1-3H3,(H2,34,36,40). The SMILES string of the molecule is CCC1(c2cccc(Oc3cc(CC(N)c4cncn4C)ccc3C#N)c2)CCCCN(CCNC(=O)NC)C1=O. The number of likely N-dealkylation sites (tertiary alicyclic amines) is 1. The van der Waals surface area contributed by atoms with Gasteiger partial charge in [-0.15, -0.1) is 0 Å². The first-order valence-electron chi connectivity index (χ1n) is 14.1. The van der Waals surface area contributed by atoms with Gasteiger partial charge >= 0.3 is 6.03 Å². The number of nitrogens with two attached hydrogens (primary N) is 1. The number of carbonyl (C=O) groups excluding carboxylic acids is 2. The highest BCUT2D eigenvalue weighted by Gasteiger charge is 2.42. The zero-order chi connectivity index (χ0) is 29.4. The summed E-state index contributed by atoms with van der Waals surface area (Å²) in [5.41, 5.74) is 8.91. The van der Waals surface area contributed by atoms with E-state index < -0.39 is 5.41 Å². The van der Waals surface area contributed by atoms with E-state index in [0.717, 1.165) is 36.1 Å². The number of nitrogens with one attached hydrogen (secondary N) is 2. The molecule has 1 saturated heterocycles. The average molecular weight is 558 g/mol. The molecule has 2 aromatic carbocycles. The quantitative estimate of drug-likeness (QED) is 0.345. The smallest absolute Gasteiger partial charge is 0.314 e. The number of urea groups is 1. The molecule has 10 heteroatoms. The maximum absolute atomic E-state index is 14.0. The number of aryl methyl sites for hydroxylation is 1. The van der Waals surface area contributed by atoms with Crippen LogP contribution in [0.15, 0.2) is 55.0 Å². The van der Waals surface area contributed by atoms with E-state index in [2.05, 4.69) is 21.7 Å². The summed E-state index contributed by atoms with van der Waals surface area (Å²) in [4.78, 5) is 31.6. The minimum atomic E-state index is -0.696. The normalized spacial score (nSPS) is 17.8. The van der Waals surface area contributed by atoms with Crippen LogP contribution in [-0.2, 0) is 23.7 Å². The van der Waals surface area contributed by atoms with E-state index in [9.17, 15) is 14.9 Å². The molecule has 4 rings (SSSR count). The van der Waals surface area contributed by atoms with E-state index in [1.54, 1.807) is 25.6 Å². The molecule has 0 radical (unpaired) electrons. The summed E-state index contributed by atoms with van der Waals surface area (Å²) in [6.07, 6.45) is 7.23. The Bertz CT molecular complexity index is 1410. The topological polar surface area (TPSA) is 138 Å². The highest BCUT2D eigenvalue weighted by atomic mass is 16.5. The van der Waals surface area contributed by atoms with Crippen molar-refractivity contribution in [2.45, 2.75) is 50.5 Å². The molecule has 0 bridgehead atoms. The molecular weight excluding hydrogens is 518 g/mol.